The second kappa shape index (κ2) is 18.4. The summed E-state index contributed by atoms with van der Waals surface area (Å²) >= 11 is 0. The molecule has 1 aromatic carbocycles. The minimum absolute atomic E-state index is 0.0197. The van der Waals surface area contributed by atoms with E-state index in [0.717, 1.165) is 24.8 Å². The molecule has 6 amide bonds. The summed E-state index contributed by atoms with van der Waals surface area (Å²) in [5.41, 5.74) is 0.756. The highest BCUT2D eigenvalue weighted by molar-refractivity contribution is 5.95. The topological polar surface area (TPSA) is 166 Å². The minimum atomic E-state index is -1.04. The van der Waals surface area contributed by atoms with Crippen LogP contribution in [0.25, 0.3) is 0 Å². The van der Waals surface area contributed by atoms with E-state index in [1.165, 1.54) is 4.90 Å². The number of rotatable bonds is 9. The summed E-state index contributed by atoms with van der Waals surface area (Å²) in [7, 11) is 1.55. The molecule has 0 saturated carbocycles. The fourth-order valence-corrected chi connectivity index (χ4v) is 5.86. The SMILES string of the molecule is COc1ccc(C[C@@H]2NC(=O)[C@H](CC(C)C)NC(=O)CN(C(=O)CCN3CCCCCC3=O)C[C@H](C(C)C)NC(=O)[C@@H](C)NC2=O)cc1. The smallest absolute Gasteiger partial charge is 0.243 e. The molecule has 0 aromatic heterocycles. The minimum Gasteiger partial charge on any atom is -0.497 e. The Labute approximate surface area is 284 Å². The maximum Gasteiger partial charge on any atom is 0.243 e. The first kappa shape index (κ1) is 38.3. The third-order valence-corrected chi connectivity index (χ3v) is 8.85. The van der Waals surface area contributed by atoms with Crippen molar-refractivity contribution in [3.63, 3.8) is 0 Å². The van der Waals surface area contributed by atoms with Crippen LogP contribution in [0.5, 0.6) is 5.75 Å². The monoisotopic (exact) mass is 670 g/mol. The molecule has 3 rings (SSSR count). The lowest BCUT2D eigenvalue weighted by Gasteiger charge is -2.32. The first-order chi connectivity index (χ1) is 22.8. The Morgan fingerprint density at radius 3 is 2.21 bits per heavy atom. The molecule has 266 valence electrons. The summed E-state index contributed by atoms with van der Waals surface area (Å²) in [5.74, 6) is -1.88. The molecule has 4 N–H and O–H groups in total. The largest absolute Gasteiger partial charge is 0.497 e. The van der Waals surface area contributed by atoms with E-state index < -0.39 is 47.8 Å². The lowest BCUT2D eigenvalue weighted by Crippen LogP contribution is -2.57. The van der Waals surface area contributed by atoms with Gasteiger partial charge in [0.2, 0.25) is 35.4 Å². The van der Waals surface area contributed by atoms with Crippen LogP contribution in [-0.2, 0) is 35.2 Å². The van der Waals surface area contributed by atoms with E-state index in [1.54, 1.807) is 43.2 Å². The van der Waals surface area contributed by atoms with Crippen molar-refractivity contribution in [2.45, 2.75) is 104 Å². The van der Waals surface area contributed by atoms with Gasteiger partial charge in [0.25, 0.3) is 0 Å². The zero-order valence-electron chi connectivity index (χ0n) is 29.3. The highest BCUT2D eigenvalue weighted by atomic mass is 16.5. The van der Waals surface area contributed by atoms with E-state index in [1.807, 2.05) is 27.7 Å². The molecule has 1 aromatic rings. The van der Waals surface area contributed by atoms with Gasteiger partial charge in [0.05, 0.1) is 13.7 Å². The van der Waals surface area contributed by atoms with Gasteiger partial charge in [-0.1, -0.05) is 46.2 Å². The van der Waals surface area contributed by atoms with Gasteiger partial charge >= 0.3 is 0 Å². The maximum absolute atomic E-state index is 13.7. The van der Waals surface area contributed by atoms with Crippen molar-refractivity contribution in [2.75, 3.05) is 33.3 Å². The van der Waals surface area contributed by atoms with Gasteiger partial charge in [0.15, 0.2) is 0 Å². The Hall–Kier alpha value is -4.16. The van der Waals surface area contributed by atoms with Crippen LogP contribution in [-0.4, -0.2) is 103 Å². The van der Waals surface area contributed by atoms with Crippen LogP contribution >= 0.6 is 0 Å². The lowest BCUT2D eigenvalue weighted by molar-refractivity contribution is -0.139. The molecule has 2 fully saturated rings. The maximum atomic E-state index is 13.7. The number of benzene rings is 1. The van der Waals surface area contributed by atoms with E-state index in [0.29, 0.717) is 25.1 Å². The van der Waals surface area contributed by atoms with Gasteiger partial charge in [-0.15, -0.1) is 0 Å². The molecule has 0 spiro atoms. The van der Waals surface area contributed by atoms with Crippen molar-refractivity contribution in [1.82, 2.24) is 31.1 Å². The molecule has 4 atom stereocenters. The number of ether oxygens (including phenoxy) is 1. The second-order valence-corrected chi connectivity index (χ2v) is 13.7. The molecule has 2 aliphatic heterocycles. The number of methoxy groups -OCH3 is 1. The van der Waals surface area contributed by atoms with Crippen LogP contribution in [0.15, 0.2) is 24.3 Å². The van der Waals surface area contributed by atoms with Crippen molar-refractivity contribution in [3.8, 4) is 5.75 Å². The average molecular weight is 671 g/mol. The molecule has 0 unspecified atom stereocenters. The Bertz CT molecular complexity index is 1280. The molecule has 13 heteroatoms. The van der Waals surface area contributed by atoms with Crippen molar-refractivity contribution < 1.29 is 33.5 Å². The number of carbonyl (C=O) groups excluding carboxylic acids is 6. The highest BCUT2D eigenvalue weighted by Gasteiger charge is 2.32. The van der Waals surface area contributed by atoms with Gasteiger partial charge in [-0.25, -0.2) is 0 Å². The molecule has 2 saturated heterocycles. The van der Waals surface area contributed by atoms with E-state index >= 15 is 0 Å². The predicted octanol–water partition coefficient (Wildman–Crippen LogP) is 1.53. The normalized spacial score (nSPS) is 23.8. The van der Waals surface area contributed by atoms with E-state index in [-0.39, 0.29) is 56.1 Å². The quantitative estimate of drug-likeness (QED) is 0.309. The number of likely N-dealkylation sites (tertiary alicyclic amines) is 1. The molecule has 2 aliphatic rings. The van der Waals surface area contributed by atoms with Gasteiger partial charge in [0, 0.05) is 44.9 Å². The van der Waals surface area contributed by atoms with Crippen molar-refractivity contribution in [3.05, 3.63) is 29.8 Å². The van der Waals surface area contributed by atoms with Gasteiger partial charge in [0.1, 0.15) is 23.9 Å². The zero-order chi connectivity index (χ0) is 35.4. The Morgan fingerprint density at radius 1 is 0.875 bits per heavy atom. The van der Waals surface area contributed by atoms with Crippen LogP contribution in [0.4, 0.5) is 0 Å². The van der Waals surface area contributed by atoms with Crippen LogP contribution in [0.1, 0.15) is 78.7 Å². The highest BCUT2D eigenvalue weighted by Crippen LogP contribution is 2.15. The fraction of sp³-hybridized carbons (Fsp3) is 0.657. The molecular weight excluding hydrogens is 616 g/mol. The number of amides is 6. The van der Waals surface area contributed by atoms with Crippen LogP contribution in [0.2, 0.25) is 0 Å². The number of hydrogen-bond acceptors (Lipinski definition) is 7. The fourth-order valence-electron chi connectivity index (χ4n) is 5.86. The van der Waals surface area contributed by atoms with E-state index in [2.05, 4.69) is 21.3 Å². The van der Waals surface area contributed by atoms with Gasteiger partial charge in [-0.3, -0.25) is 28.8 Å². The Kier molecular flexibility index (Phi) is 14.7. The van der Waals surface area contributed by atoms with Crippen molar-refractivity contribution >= 4 is 35.4 Å². The summed E-state index contributed by atoms with van der Waals surface area (Å²) < 4.78 is 5.23. The summed E-state index contributed by atoms with van der Waals surface area (Å²) in [6, 6.07) is 3.58. The van der Waals surface area contributed by atoms with Crippen molar-refractivity contribution in [1.29, 1.82) is 0 Å². The van der Waals surface area contributed by atoms with Gasteiger partial charge in [-0.05, 0) is 55.7 Å². The summed E-state index contributed by atoms with van der Waals surface area (Å²) in [5, 5.41) is 11.3. The third kappa shape index (κ3) is 11.8. The summed E-state index contributed by atoms with van der Waals surface area (Å²) in [6.07, 6.45) is 3.58. The predicted molar refractivity (Wildman–Crippen MR) is 181 cm³/mol. The first-order valence-corrected chi connectivity index (χ1v) is 17.2. The molecule has 0 radical (unpaired) electrons. The first-order valence-electron chi connectivity index (χ1n) is 17.2. The van der Waals surface area contributed by atoms with Crippen LogP contribution in [0.3, 0.4) is 0 Å². The molecule has 48 heavy (non-hydrogen) atoms. The Morgan fingerprint density at radius 2 is 1.56 bits per heavy atom. The van der Waals surface area contributed by atoms with E-state index in [4.69, 9.17) is 4.74 Å². The molecule has 13 nitrogen and oxygen atoms in total. The van der Waals surface area contributed by atoms with E-state index in [9.17, 15) is 28.8 Å². The second-order valence-electron chi connectivity index (χ2n) is 13.7. The summed E-state index contributed by atoms with van der Waals surface area (Å²) in [4.78, 5) is 83.5. The Balaban J connectivity index is 1.90. The number of nitrogens with zero attached hydrogens (tertiary/aromatic N) is 2. The molecule has 0 bridgehead atoms. The molecule has 0 aliphatic carbocycles. The summed E-state index contributed by atoms with van der Waals surface area (Å²) in [6.45, 7) is 9.72. The van der Waals surface area contributed by atoms with Crippen LogP contribution < -0.4 is 26.0 Å². The van der Waals surface area contributed by atoms with Crippen molar-refractivity contribution in [2.24, 2.45) is 11.8 Å². The van der Waals surface area contributed by atoms with Gasteiger partial charge in [-0.2, -0.15) is 0 Å². The zero-order valence-corrected chi connectivity index (χ0v) is 29.3. The lowest BCUT2D eigenvalue weighted by atomic mass is 10.0. The van der Waals surface area contributed by atoms with Crippen LogP contribution in [0, 0.1) is 11.8 Å². The third-order valence-electron chi connectivity index (χ3n) is 8.85. The standard InChI is InChI=1S/C35H54N6O7/c1-22(2)18-27-35(47)38-28(19-25-11-13-26(48-6)14-12-25)34(46)36-24(5)33(45)39-29(23(3)4)20-41(21-30(42)37-27)32(44)15-17-40-16-9-7-8-10-31(40)43/h11-14,22-24,27-29H,7-10,15-21H2,1-6H3,(H,36,46)(H,37,42)(H,38,47)(H,39,45)/t24-,27+,28+,29-/m1/s1. The number of carbonyl (C=O) groups is 6. The number of nitrogens with one attached hydrogen (secondary N) is 4. The van der Waals surface area contributed by atoms with Gasteiger partial charge < -0.3 is 35.8 Å². The molecular formula is C35H54N6O7. The average Bonchev–Trinajstić information content (AvgIpc) is 3.24. The molecule has 2 heterocycles. The number of hydrogen-bond donors (Lipinski definition) is 4.